The van der Waals surface area contributed by atoms with E-state index >= 15 is 0 Å². The Kier molecular flexibility index (Phi) is 2.60. The quantitative estimate of drug-likeness (QED) is 0.821. The molecule has 0 fully saturated rings. The molecule has 1 aromatic rings. The molecule has 92 valence electrons. The second-order valence-corrected chi connectivity index (χ2v) is 3.54. The van der Waals surface area contributed by atoms with Crippen molar-refractivity contribution in [3.05, 3.63) is 18.2 Å². The van der Waals surface area contributed by atoms with Gasteiger partial charge in [0.15, 0.2) is 6.61 Å². The second-order valence-electron chi connectivity index (χ2n) is 3.54. The van der Waals surface area contributed by atoms with Crippen molar-refractivity contribution in [2.45, 2.75) is 6.18 Å². The maximum atomic E-state index is 12.3. The number of phenols is 1. The minimum absolute atomic E-state index is 0.0708. The Morgan fingerprint density at radius 2 is 2.12 bits per heavy atom. The highest BCUT2D eigenvalue weighted by molar-refractivity contribution is 5.98. The molecule has 0 unspecified atom stereocenters. The third-order valence-corrected chi connectivity index (χ3v) is 2.22. The van der Waals surface area contributed by atoms with Crippen LogP contribution in [0.2, 0.25) is 0 Å². The first-order valence-corrected chi connectivity index (χ1v) is 4.70. The van der Waals surface area contributed by atoms with Crippen molar-refractivity contribution in [1.82, 2.24) is 0 Å². The Balaban J connectivity index is 2.39. The SMILES string of the molecule is O=C1COc2ccc(O)cc2N1CC(F)(F)F. The van der Waals surface area contributed by atoms with Gasteiger partial charge in [-0.05, 0) is 12.1 Å². The first-order valence-electron chi connectivity index (χ1n) is 4.70. The van der Waals surface area contributed by atoms with E-state index in [0.29, 0.717) is 4.90 Å². The molecule has 0 radical (unpaired) electrons. The molecule has 0 saturated heterocycles. The summed E-state index contributed by atoms with van der Waals surface area (Å²) < 4.78 is 41.9. The molecule has 1 aromatic carbocycles. The maximum Gasteiger partial charge on any atom is 0.406 e. The minimum Gasteiger partial charge on any atom is -0.508 e. The molecule has 4 nitrogen and oxygen atoms in total. The molecule has 0 aliphatic carbocycles. The van der Waals surface area contributed by atoms with Crippen molar-refractivity contribution in [1.29, 1.82) is 0 Å². The fourth-order valence-electron chi connectivity index (χ4n) is 1.54. The lowest BCUT2D eigenvalue weighted by molar-refractivity contribution is -0.134. The van der Waals surface area contributed by atoms with Gasteiger partial charge >= 0.3 is 6.18 Å². The number of carbonyl (C=O) groups excluding carboxylic acids is 1. The van der Waals surface area contributed by atoms with Gasteiger partial charge in [0.25, 0.3) is 5.91 Å². The van der Waals surface area contributed by atoms with Crippen molar-refractivity contribution in [3.8, 4) is 11.5 Å². The number of ether oxygens (including phenoxy) is 1. The monoisotopic (exact) mass is 247 g/mol. The Bertz CT molecular complexity index is 459. The summed E-state index contributed by atoms with van der Waals surface area (Å²) in [5, 5.41) is 9.22. The van der Waals surface area contributed by atoms with Gasteiger partial charge in [-0.2, -0.15) is 13.2 Å². The van der Waals surface area contributed by atoms with Crippen LogP contribution in [-0.2, 0) is 4.79 Å². The van der Waals surface area contributed by atoms with Crippen LogP contribution >= 0.6 is 0 Å². The zero-order chi connectivity index (χ0) is 12.6. The molecule has 0 bridgehead atoms. The molecule has 7 heteroatoms. The fraction of sp³-hybridized carbons (Fsp3) is 0.300. The molecule has 17 heavy (non-hydrogen) atoms. The first-order chi connectivity index (χ1) is 7.87. The summed E-state index contributed by atoms with van der Waals surface area (Å²) in [4.78, 5) is 11.9. The number of nitrogens with zero attached hydrogens (tertiary/aromatic N) is 1. The third kappa shape index (κ3) is 2.43. The highest BCUT2D eigenvalue weighted by Crippen LogP contribution is 2.36. The average Bonchev–Trinajstić information content (AvgIpc) is 2.21. The van der Waals surface area contributed by atoms with Crippen LogP contribution in [-0.4, -0.2) is 30.3 Å². The largest absolute Gasteiger partial charge is 0.508 e. The van der Waals surface area contributed by atoms with Gasteiger partial charge in [0.2, 0.25) is 0 Å². The number of hydrogen-bond donors (Lipinski definition) is 1. The molecule has 0 spiro atoms. The summed E-state index contributed by atoms with van der Waals surface area (Å²) in [5.74, 6) is -0.874. The van der Waals surface area contributed by atoms with Gasteiger partial charge in [-0.3, -0.25) is 9.69 Å². The predicted octanol–water partition coefficient (Wildman–Crippen LogP) is 1.68. The molecular weight excluding hydrogens is 239 g/mol. The van der Waals surface area contributed by atoms with Crippen molar-refractivity contribution in [2.24, 2.45) is 0 Å². The number of alkyl halides is 3. The maximum absolute atomic E-state index is 12.3. The van der Waals surface area contributed by atoms with Gasteiger partial charge in [0, 0.05) is 6.07 Å². The van der Waals surface area contributed by atoms with E-state index in [0.717, 1.165) is 6.07 Å². The fourth-order valence-corrected chi connectivity index (χ4v) is 1.54. The summed E-state index contributed by atoms with van der Waals surface area (Å²) >= 11 is 0. The van der Waals surface area contributed by atoms with Gasteiger partial charge < -0.3 is 9.84 Å². The molecule has 1 heterocycles. The Morgan fingerprint density at radius 3 is 2.76 bits per heavy atom. The Morgan fingerprint density at radius 1 is 1.41 bits per heavy atom. The van der Waals surface area contributed by atoms with Gasteiger partial charge in [-0.15, -0.1) is 0 Å². The van der Waals surface area contributed by atoms with E-state index in [9.17, 15) is 23.1 Å². The van der Waals surface area contributed by atoms with Crippen molar-refractivity contribution < 1.29 is 27.8 Å². The lowest BCUT2D eigenvalue weighted by Gasteiger charge is -2.29. The lowest BCUT2D eigenvalue weighted by Crippen LogP contribution is -2.44. The lowest BCUT2D eigenvalue weighted by atomic mass is 10.2. The number of phenolic OH excluding ortho intramolecular Hbond substituents is 1. The molecular formula is C10H8F3NO3. The molecule has 2 rings (SSSR count). The molecule has 0 saturated carbocycles. The molecule has 1 N–H and O–H groups in total. The predicted molar refractivity (Wildman–Crippen MR) is 52.0 cm³/mol. The van der Waals surface area contributed by atoms with Crippen LogP contribution in [0.3, 0.4) is 0 Å². The van der Waals surface area contributed by atoms with Crippen LogP contribution in [0.25, 0.3) is 0 Å². The average molecular weight is 247 g/mol. The summed E-state index contributed by atoms with van der Waals surface area (Å²) in [6, 6.07) is 3.67. The number of fused-ring (bicyclic) bond motifs is 1. The smallest absolute Gasteiger partial charge is 0.406 e. The van der Waals surface area contributed by atoms with Crippen molar-refractivity contribution in [2.75, 3.05) is 18.1 Å². The number of halogens is 3. The topological polar surface area (TPSA) is 49.8 Å². The van der Waals surface area contributed by atoms with E-state index in [1.54, 1.807) is 0 Å². The van der Waals surface area contributed by atoms with E-state index in [1.165, 1.54) is 12.1 Å². The normalized spacial score (nSPS) is 15.5. The first kappa shape index (κ1) is 11.6. The van der Waals surface area contributed by atoms with Gasteiger partial charge in [0.1, 0.15) is 18.0 Å². The second kappa shape index (κ2) is 3.83. The summed E-state index contributed by atoms with van der Waals surface area (Å²) in [5.41, 5.74) is -0.0708. The summed E-state index contributed by atoms with van der Waals surface area (Å²) in [6.07, 6.45) is -4.50. The van der Waals surface area contributed by atoms with Gasteiger partial charge in [-0.1, -0.05) is 0 Å². The van der Waals surface area contributed by atoms with Gasteiger partial charge in [0.05, 0.1) is 5.69 Å². The summed E-state index contributed by atoms with van der Waals surface area (Å²) in [7, 11) is 0. The van der Waals surface area contributed by atoms with Crippen LogP contribution in [0, 0.1) is 0 Å². The van der Waals surface area contributed by atoms with Crippen LogP contribution in [0.1, 0.15) is 0 Å². The van der Waals surface area contributed by atoms with Crippen molar-refractivity contribution in [3.63, 3.8) is 0 Å². The van der Waals surface area contributed by atoms with Crippen LogP contribution in [0.15, 0.2) is 18.2 Å². The van der Waals surface area contributed by atoms with E-state index in [4.69, 9.17) is 4.74 Å². The number of aromatic hydroxyl groups is 1. The zero-order valence-electron chi connectivity index (χ0n) is 8.49. The molecule has 1 aliphatic heterocycles. The number of amides is 1. The number of benzene rings is 1. The van der Waals surface area contributed by atoms with E-state index in [-0.39, 0.29) is 17.2 Å². The standard InChI is InChI=1S/C10H8F3NO3/c11-10(12,13)5-14-7-3-6(15)1-2-8(7)17-4-9(14)16/h1-3,15H,4-5H2. The van der Waals surface area contributed by atoms with Crippen molar-refractivity contribution >= 4 is 11.6 Å². The highest BCUT2D eigenvalue weighted by atomic mass is 19.4. The minimum atomic E-state index is -4.50. The van der Waals surface area contributed by atoms with E-state index in [2.05, 4.69) is 0 Å². The van der Waals surface area contributed by atoms with E-state index < -0.39 is 25.2 Å². The number of rotatable bonds is 1. The third-order valence-electron chi connectivity index (χ3n) is 2.22. The molecule has 1 amide bonds. The molecule has 0 atom stereocenters. The Labute approximate surface area is 94.2 Å². The number of hydrogen-bond acceptors (Lipinski definition) is 3. The zero-order valence-corrected chi connectivity index (χ0v) is 8.49. The number of carbonyl (C=O) groups is 1. The summed E-state index contributed by atoms with van der Waals surface area (Å²) in [6.45, 7) is -1.83. The van der Waals surface area contributed by atoms with Gasteiger partial charge in [-0.25, -0.2) is 0 Å². The van der Waals surface area contributed by atoms with Crippen LogP contribution in [0.4, 0.5) is 18.9 Å². The molecule has 0 aromatic heterocycles. The van der Waals surface area contributed by atoms with Crippen LogP contribution < -0.4 is 9.64 Å². The highest BCUT2D eigenvalue weighted by Gasteiger charge is 2.37. The number of anilines is 1. The van der Waals surface area contributed by atoms with E-state index in [1.807, 2.05) is 0 Å². The Hall–Kier alpha value is -1.92. The van der Waals surface area contributed by atoms with Crippen LogP contribution in [0.5, 0.6) is 11.5 Å². The molecule has 1 aliphatic rings.